The first-order valence-electron chi connectivity index (χ1n) is 7.95. The van der Waals surface area contributed by atoms with E-state index < -0.39 is 0 Å². The first kappa shape index (κ1) is 13.8. The smallest absolute Gasteiger partial charge is 0.228 e. The number of fused-ring (bicyclic) bond motifs is 1. The molecule has 0 bridgehead atoms. The van der Waals surface area contributed by atoms with Crippen LogP contribution in [0.4, 0.5) is 0 Å². The minimum absolute atomic E-state index is 0.144. The van der Waals surface area contributed by atoms with Gasteiger partial charge in [-0.15, -0.1) is 0 Å². The predicted octanol–water partition coefficient (Wildman–Crippen LogP) is 2.40. The van der Waals surface area contributed by atoms with Gasteiger partial charge in [0, 0.05) is 30.5 Å². The summed E-state index contributed by atoms with van der Waals surface area (Å²) in [5, 5.41) is 5.01. The van der Waals surface area contributed by atoms with Gasteiger partial charge in [-0.2, -0.15) is 0 Å². The van der Waals surface area contributed by atoms with Crippen LogP contribution < -0.4 is 0 Å². The molecule has 1 aromatic heterocycles. The molecule has 2 fully saturated rings. The Morgan fingerprint density at radius 2 is 2.23 bits per heavy atom. The summed E-state index contributed by atoms with van der Waals surface area (Å²) >= 11 is 0. The Labute approximate surface area is 129 Å². The van der Waals surface area contributed by atoms with Crippen molar-refractivity contribution in [2.24, 2.45) is 5.41 Å². The fraction of sp³-hybridized carbons (Fsp3) is 0.529. The second-order valence-electron chi connectivity index (χ2n) is 6.52. The molecule has 0 unspecified atom stereocenters. The van der Waals surface area contributed by atoms with Crippen LogP contribution in [0.2, 0.25) is 0 Å². The van der Waals surface area contributed by atoms with Crippen LogP contribution in [0.1, 0.15) is 25.0 Å². The van der Waals surface area contributed by atoms with E-state index in [4.69, 9.17) is 9.26 Å². The number of hydrogen-bond acceptors (Lipinski definition) is 4. The van der Waals surface area contributed by atoms with Crippen molar-refractivity contribution in [2.45, 2.75) is 25.7 Å². The summed E-state index contributed by atoms with van der Waals surface area (Å²) in [5.41, 5.74) is 1.67. The topological polar surface area (TPSA) is 55.6 Å². The van der Waals surface area contributed by atoms with E-state index in [1.54, 1.807) is 0 Å². The summed E-state index contributed by atoms with van der Waals surface area (Å²) in [7, 11) is 0. The molecule has 1 spiro atoms. The molecule has 1 amide bonds. The molecule has 116 valence electrons. The lowest BCUT2D eigenvalue weighted by Gasteiger charge is -2.39. The van der Waals surface area contributed by atoms with Crippen LogP contribution >= 0.6 is 0 Å². The zero-order valence-corrected chi connectivity index (χ0v) is 12.6. The molecular weight excluding hydrogens is 280 g/mol. The third-order valence-electron chi connectivity index (χ3n) is 4.97. The molecule has 2 aromatic rings. The van der Waals surface area contributed by atoms with Crippen LogP contribution in [0.3, 0.4) is 0 Å². The summed E-state index contributed by atoms with van der Waals surface area (Å²) in [6, 6.07) is 7.69. The van der Waals surface area contributed by atoms with Gasteiger partial charge in [-0.1, -0.05) is 17.3 Å². The van der Waals surface area contributed by atoms with E-state index in [2.05, 4.69) is 5.16 Å². The maximum absolute atomic E-state index is 12.7. The lowest BCUT2D eigenvalue weighted by atomic mass is 9.79. The van der Waals surface area contributed by atoms with Gasteiger partial charge in [0.05, 0.1) is 13.0 Å². The standard InChI is InChI=1S/C17H20N2O3/c20-16(10-14-13-4-1-2-5-15(13)22-18-14)19-8-3-6-17(11-19)7-9-21-12-17/h1-2,4-5H,3,6-12H2/t17-/m0/s1. The molecule has 4 rings (SSSR count). The molecule has 0 aliphatic carbocycles. The normalized spacial score (nSPS) is 25.2. The average molecular weight is 300 g/mol. The van der Waals surface area contributed by atoms with Crippen molar-refractivity contribution < 1.29 is 14.1 Å². The van der Waals surface area contributed by atoms with Gasteiger partial charge >= 0.3 is 0 Å². The van der Waals surface area contributed by atoms with Crippen molar-refractivity contribution in [1.29, 1.82) is 0 Å². The minimum Gasteiger partial charge on any atom is -0.381 e. The Bertz CT molecular complexity index is 688. The summed E-state index contributed by atoms with van der Waals surface area (Å²) in [4.78, 5) is 14.6. The highest BCUT2D eigenvalue weighted by molar-refractivity contribution is 5.86. The van der Waals surface area contributed by atoms with E-state index in [0.717, 1.165) is 55.8 Å². The van der Waals surface area contributed by atoms with E-state index in [0.29, 0.717) is 6.42 Å². The lowest BCUT2D eigenvalue weighted by Crippen LogP contribution is -2.47. The molecular formula is C17H20N2O3. The van der Waals surface area contributed by atoms with E-state index in [-0.39, 0.29) is 11.3 Å². The van der Waals surface area contributed by atoms with Crippen LogP contribution in [-0.4, -0.2) is 42.3 Å². The third kappa shape index (κ3) is 2.39. The van der Waals surface area contributed by atoms with Crippen molar-refractivity contribution in [3.05, 3.63) is 30.0 Å². The van der Waals surface area contributed by atoms with Gasteiger partial charge in [0.15, 0.2) is 5.58 Å². The number of rotatable bonds is 2. The number of aromatic nitrogens is 1. The minimum atomic E-state index is 0.144. The molecule has 5 heteroatoms. The molecule has 5 nitrogen and oxygen atoms in total. The number of benzene rings is 1. The molecule has 0 saturated carbocycles. The zero-order chi connectivity index (χ0) is 15.0. The second kappa shape index (κ2) is 5.39. The van der Waals surface area contributed by atoms with Crippen LogP contribution in [0.25, 0.3) is 11.0 Å². The molecule has 3 heterocycles. The molecule has 0 radical (unpaired) electrons. The molecule has 0 N–H and O–H groups in total. The van der Waals surface area contributed by atoms with Crippen molar-refractivity contribution in [1.82, 2.24) is 10.1 Å². The van der Waals surface area contributed by atoms with Gasteiger partial charge in [0.2, 0.25) is 5.91 Å². The van der Waals surface area contributed by atoms with Crippen molar-refractivity contribution in [3.63, 3.8) is 0 Å². The highest BCUT2D eigenvalue weighted by Crippen LogP contribution is 2.37. The first-order valence-corrected chi connectivity index (χ1v) is 7.95. The Morgan fingerprint density at radius 1 is 1.32 bits per heavy atom. The number of amides is 1. The lowest BCUT2D eigenvalue weighted by molar-refractivity contribution is -0.134. The number of ether oxygens (including phenoxy) is 1. The molecule has 1 atom stereocenters. The molecule has 1 aromatic carbocycles. The van der Waals surface area contributed by atoms with Crippen molar-refractivity contribution >= 4 is 16.9 Å². The van der Waals surface area contributed by atoms with E-state index in [9.17, 15) is 4.79 Å². The summed E-state index contributed by atoms with van der Waals surface area (Å²) in [6.07, 6.45) is 3.62. The fourth-order valence-electron chi connectivity index (χ4n) is 3.71. The van der Waals surface area contributed by atoms with Crippen molar-refractivity contribution in [3.8, 4) is 0 Å². The average Bonchev–Trinajstić information content (AvgIpc) is 3.15. The van der Waals surface area contributed by atoms with E-state index in [1.165, 1.54) is 6.42 Å². The number of piperidine rings is 1. The molecule has 2 aliphatic rings. The van der Waals surface area contributed by atoms with Gasteiger partial charge in [-0.25, -0.2) is 0 Å². The third-order valence-corrected chi connectivity index (χ3v) is 4.97. The molecule has 22 heavy (non-hydrogen) atoms. The summed E-state index contributed by atoms with van der Waals surface area (Å²) < 4.78 is 10.9. The van der Waals surface area contributed by atoms with Gasteiger partial charge in [-0.3, -0.25) is 4.79 Å². The number of likely N-dealkylation sites (tertiary alicyclic amines) is 1. The summed E-state index contributed by atoms with van der Waals surface area (Å²) in [6.45, 7) is 3.29. The largest absolute Gasteiger partial charge is 0.381 e. The van der Waals surface area contributed by atoms with E-state index >= 15 is 0 Å². The number of hydrogen-bond donors (Lipinski definition) is 0. The molecule has 2 saturated heterocycles. The summed E-state index contributed by atoms with van der Waals surface area (Å²) in [5.74, 6) is 0.144. The van der Waals surface area contributed by atoms with Gasteiger partial charge in [0.1, 0.15) is 5.69 Å². The van der Waals surface area contributed by atoms with E-state index in [1.807, 2.05) is 29.2 Å². The first-order chi connectivity index (χ1) is 10.8. The Balaban J connectivity index is 1.50. The second-order valence-corrected chi connectivity index (χ2v) is 6.52. The maximum atomic E-state index is 12.7. The van der Waals surface area contributed by atoms with Crippen LogP contribution in [0.15, 0.2) is 28.8 Å². The number of carbonyl (C=O) groups excluding carboxylic acids is 1. The predicted molar refractivity (Wildman–Crippen MR) is 81.4 cm³/mol. The fourth-order valence-corrected chi connectivity index (χ4v) is 3.71. The Morgan fingerprint density at radius 3 is 3.09 bits per heavy atom. The maximum Gasteiger partial charge on any atom is 0.228 e. The van der Waals surface area contributed by atoms with Crippen LogP contribution in [0, 0.1) is 5.41 Å². The highest BCUT2D eigenvalue weighted by Gasteiger charge is 2.40. The van der Waals surface area contributed by atoms with Crippen LogP contribution in [-0.2, 0) is 16.0 Å². The monoisotopic (exact) mass is 300 g/mol. The quantitative estimate of drug-likeness (QED) is 0.854. The number of para-hydroxylation sites is 1. The van der Waals surface area contributed by atoms with Gasteiger partial charge < -0.3 is 14.2 Å². The number of carbonyl (C=O) groups is 1. The SMILES string of the molecule is O=C(Cc1noc2ccccc12)N1CCC[C@]2(CCOC2)C1. The Hall–Kier alpha value is -1.88. The number of nitrogens with zero attached hydrogens (tertiary/aromatic N) is 2. The van der Waals surface area contributed by atoms with Crippen molar-refractivity contribution in [2.75, 3.05) is 26.3 Å². The van der Waals surface area contributed by atoms with Gasteiger partial charge in [-0.05, 0) is 31.4 Å². The Kier molecular flexibility index (Phi) is 3.37. The van der Waals surface area contributed by atoms with Crippen LogP contribution in [0.5, 0.6) is 0 Å². The zero-order valence-electron chi connectivity index (χ0n) is 12.6. The highest BCUT2D eigenvalue weighted by atomic mass is 16.5. The van der Waals surface area contributed by atoms with Gasteiger partial charge in [0.25, 0.3) is 0 Å². The molecule has 2 aliphatic heterocycles.